The summed E-state index contributed by atoms with van der Waals surface area (Å²) in [6.45, 7) is 6.26. The Bertz CT molecular complexity index is 1040. The van der Waals surface area contributed by atoms with Gasteiger partial charge in [0.1, 0.15) is 0 Å². The molecule has 0 spiro atoms. The minimum Gasteiger partial charge on any atom is -0.307 e. The number of nitrogens with one attached hydrogen (secondary N) is 1. The van der Waals surface area contributed by atoms with E-state index < -0.39 is 5.41 Å². The quantitative estimate of drug-likeness (QED) is 0.503. The van der Waals surface area contributed by atoms with Gasteiger partial charge in [-0.15, -0.1) is 0 Å². The summed E-state index contributed by atoms with van der Waals surface area (Å²) < 4.78 is 0. The number of hydrogen-bond donors (Lipinski definition) is 1. The summed E-state index contributed by atoms with van der Waals surface area (Å²) in [5, 5.41) is 16.0. The topological polar surface area (TPSA) is 35.8 Å². The van der Waals surface area contributed by atoms with E-state index in [0.29, 0.717) is 18.0 Å². The number of fused-ring (bicyclic) bond motifs is 1. The molecule has 3 unspecified atom stereocenters. The number of rotatable bonds is 5. The SMILES string of the molecule is CC(NC1CCCC(c2ccc(C(C)(C)C#N)cc2)C1)c1cccc2ccccc12. The fourth-order valence-electron chi connectivity index (χ4n) is 4.95. The van der Waals surface area contributed by atoms with Crippen LogP contribution in [0.25, 0.3) is 10.8 Å². The Balaban J connectivity index is 1.46. The number of nitrogens with zero attached hydrogens (tertiary/aromatic N) is 1. The lowest BCUT2D eigenvalue weighted by Crippen LogP contribution is -2.35. The van der Waals surface area contributed by atoms with Crippen molar-refractivity contribution in [2.45, 2.75) is 69.9 Å². The van der Waals surface area contributed by atoms with Crippen LogP contribution in [0.4, 0.5) is 0 Å². The molecule has 0 bridgehead atoms. The van der Waals surface area contributed by atoms with Crippen LogP contribution < -0.4 is 5.32 Å². The third kappa shape index (κ3) is 4.27. The first-order valence-electron chi connectivity index (χ1n) is 11.2. The van der Waals surface area contributed by atoms with E-state index in [-0.39, 0.29) is 0 Å². The highest BCUT2D eigenvalue weighted by Gasteiger charge is 2.26. The summed E-state index contributed by atoms with van der Waals surface area (Å²) in [6, 6.07) is 27.3. The van der Waals surface area contributed by atoms with Crippen LogP contribution >= 0.6 is 0 Å². The zero-order valence-electron chi connectivity index (χ0n) is 18.4. The van der Waals surface area contributed by atoms with E-state index in [1.54, 1.807) is 0 Å². The number of benzene rings is 3. The molecule has 1 aliphatic rings. The van der Waals surface area contributed by atoms with Crippen molar-refractivity contribution in [3.05, 3.63) is 83.4 Å². The molecule has 0 saturated heterocycles. The molecule has 0 aromatic heterocycles. The van der Waals surface area contributed by atoms with Crippen LogP contribution in [-0.2, 0) is 5.41 Å². The molecule has 1 fully saturated rings. The average molecular weight is 397 g/mol. The molecule has 3 aromatic carbocycles. The highest BCUT2D eigenvalue weighted by molar-refractivity contribution is 5.86. The van der Waals surface area contributed by atoms with Crippen LogP contribution in [-0.4, -0.2) is 6.04 Å². The molecule has 0 radical (unpaired) electrons. The fraction of sp³-hybridized carbons (Fsp3) is 0.393. The molecule has 1 aliphatic carbocycles. The standard InChI is InChI=1S/C28H32N2/c1-20(26-13-7-9-22-8-4-5-12-27(22)26)30-25-11-6-10-23(18-25)21-14-16-24(17-15-21)28(2,3)19-29/h4-5,7-9,12-17,20,23,25,30H,6,10-11,18H2,1-3H3. The number of nitriles is 1. The van der Waals surface area contributed by atoms with Crippen molar-refractivity contribution < 1.29 is 0 Å². The minimum absolute atomic E-state index is 0.332. The Morgan fingerprint density at radius 2 is 1.70 bits per heavy atom. The second-order valence-electron chi connectivity index (χ2n) is 9.38. The van der Waals surface area contributed by atoms with E-state index in [9.17, 15) is 5.26 Å². The van der Waals surface area contributed by atoms with Crippen molar-refractivity contribution >= 4 is 10.8 Å². The molecule has 4 rings (SSSR count). The van der Waals surface area contributed by atoms with Crippen LogP contribution in [0, 0.1) is 11.3 Å². The summed E-state index contributed by atoms with van der Waals surface area (Å²) in [4.78, 5) is 0. The molecule has 2 nitrogen and oxygen atoms in total. The Hall–Kier alpha value is -2.63. The Labute approximate surface area is 180 Å². The Morgan fingerprint density at radius 3 is 2.47 bits per heavy atom. The maximum atomic E-state index is 9.39. The normalized spacial score (nSPS) is 20.6. The van der Waals surface area contributed by atoms with E-state index in [2.05, 4.69) is 85.0 Å². The molecule has 1 saturated carbocycles. The summed E-state index contributed by atoms with van der Waals surface area (Å²) in [6.07, 6.45) is 4.93. The van der Waals surface area contributed by atoms with E-state index in [0.717, 1.165) is 5.56 Å². The van der Waals surface area contributed by atoms with Gasteiger partial charge in [-0.1, -0.05) is 73.2 Å². The van der Waals surface area contributed by atoms with Gasteiger partial charge < -0.3 is 5.32 Å². The van der Waals surface area contributed by atoms with Crippen molar-refractivity contribution in [2.75, 3.05) is 0 Å². The van der Waals surface area contributed by atoms with Crippen LogP contribution in [0.5, 0.6) is 0 Å². The van der Waals surface area contributed by atoms with Gasteiger partial charge in [0, 0.05) is 12.1 Å². The van der Waals surface area contributed by atoms with Gasteiger partial charge in [0.05, 0.1) is 11.5 Å². The Kier molecular flexibility index (Phi) is 5.93. The van der Waals surface area contributed by atoms with Crippen LogP contribution in [0.1, 0.15) is 75.1 Å². The van der Waals surface area contributed by atoms with Gasteiger partial charge in [0.15, 0.2) is 0 Å². The monoisotopic (exact) mass is 396 g/mol. The lowest BCUT2D eigenvalue weighted by atomic mass is 9.79. The van der Waals surface area contributed by atoms with E-state index >= 15 is 0 Å². The second-order valence-corrected chi connectivity index (χ2v) is 9.38. The maximum absolute atomic E-state index is 9.39. The zero-order valence-corrected chi connectivity index (χ0v) is 18.4. The highest BCUT2D eigenvalue weighted by Crippen LogP contribution is 2.35. The lowest BCUT2D eigenvalue weighted by Gasteiger charge is -2.33. The third-order valence-electron chi connectivity index (χ3n) is 6.83. The molecule has 1 N–H and O–H groups in total. The smallest absolute Gasteiger partial charge is 0.0766 e. The summed E-state index contributed by atoms with van der Waals surface area (Å²) in [5.41, 5.74) is 3.47. The van der Waals surface area contributed by atoms with Crippen LogP contribution in [0.2, 0.25) is 0 Å². The summed E-state index contributed by atoms with van der Waals surface area (Å²) in [5.74, 6) is 0.593. The van der Waals surface area contributed by atoms with Gasteiger partial charge in [-0.3, -0.25) is 0 Å². The largest absolute Gasteiger partial charge is 0.307 e. The lowest BCUT2D eigenvalue weighted by molar-refractivity contribution is 0.319. The molecule has 154 valence electrons. The first-order valence-corrected chi connectivity index (χ1v) is 11.2. The molecular formula is C28H32N2. The number of hydrogen-bond acceptors (Lipinski definition) is 2. The predicted molar refractivity (Wildman–Crippen MR) is 126 cm³/mol. The van der Waals surface area contributed by atoms with Gasteiger partial charge >= 0.3 is 0 Å². The maximum Gasteiger partial charge on any atom is 0.0766 e. The van der Waals surface area contributed by atoms with Crippen molar-refractivity contribution in [2.24, 2.45) is 0 Å². The van der Waals surface area contributed by atoms with Gasteiger partial charge in [-0.25, -0.2) is 0 Å². The van der Waals surface area contributed by atoms with Crippen molar-refractivity contribution in [3.8, 4) is 6.07 Å². The van der Waals surface area contributed by atoms with Crippen molar-refractivity contribution in [1.82, 2.24) is 5.32 Å². The van der Waals surface area contributed by atoms with Gasteiger partial charge in [-0.05, 0) is 73.4 Å². The van der Waals surface area contributed by atoms with Gasteiger partial charge in [-0.2, -0.15) is 5.26 Å². The first kappa shape index (κ1) is 20.6. The predicted octanol–water partition coefficient (Wildman–Crippen LogP) is 7.02. The molecule has 0 amide bonds. The van der Waals surface area contributed by atoms with Gasteiger partial charge in [0.25, 0.3) is 0 Å². The first-order chi connectivity index (χ1) is 14.5. The molecule has 30 heavy (non-hydrogen) atoms. The van der Waals surface area contributed by atoms with Crippen molar-refractivity contribution in [3.63, 3.8) is 0 Å². The highest BCUT2D eigenvalue weighted by atomic mass is 14.9. The van der Waals surface area contributed by atoms with Gasteiger partial charge in [0.2, 0.25) is 0 Å². The van der Waals surface area contributed by atoms with Crippen molar-refractivity contribution in [1.29, 1.82) is 5.26 Å². The van der Waals surface area contributed by atoms with E-state index in [1.807, 2.05) is 13.8 Å². The molecule has 3 atom stereocenters. The van der Waals surface area contributed by atoms with E-state index in [1.165, 1.54) is 47.6 Å². The molecular weight excluding hydrogens is 364 g/mol. The summed E-state index contributed by atoms with van der Waals surface area (Å²) in [7, 11) is 0. The zero-order chi connectivity index (χ0) is 21.1. The van der Waals surface area contributed by atoms with Crippen LogP contribution in [0.15, 0.2) is 66.7 Å². The molecule has 3 aromatic rings. The Morgan fingerprint density at radius 1 is 0.967 bits per heavy atom. The minimum atomic E-state index is -0.428. The van der Waals surface area contributed by atoms with E-state index in [4.69, 9.17) is 0 Å². The molecule has 2 heteroatoms. The third-order valence-corrected chi connectivity index (χ3v) is 6.83. The molecule has 0 aliphatic heterocycles. The molecule has 0 heterocycles. The fourth-order valence-corrected chi connectivity index (χ4v) is 4.95. The summed E-state index contributed by atoms with van der Waals surface area (Å²) >= 11 is 0. The van der Waals surface area contributed by atoms with Crippen LogP contribution in [0.3, 0.4) is 0 Å². The average Bonchev–Trinajstić information content (AvgIpc) is 2.79. The second kappa shape index (κ2) is 8.62.